The van der Waals surface area contributed by atoms with Gasteiger partial charge in [0.15, 0.2) is 0 Å². The molecule has 1 aliphatic carbocycles. The molecule has 1 saturated heterocycles. The fourth-order valence-corrected chi connectivity index (χ4v) is 2.41. The van der Waals surface area contributed by atoms with Crippen molar-refractivity contribution in [2.75, 3.05) is 6.54 Å². The molecule has 1 N–H and O–H groups in total. The van der Waals surface area contributed by atoms with Crippen LogP contribution in [0.2, 0.25) is 0 Å². The van der Waals surface area contributed by atoms with Gasteiger partial charge >= 0.3 is 0 Å². The van der Waals surface area contributed by atoms with Gasteiger partial charge in [0.25, 0.3) is 0 Å². The molecule has 13 heavy (non-hydrogen) atoms. The summed E-state index contributed by atoms with van der Waals surface area (Å²) in [6.45, 7) is 0.814. The maximum atomic E-state index is 11.7. The fraction of sp³-hybridized carbons (Fsp3) is 0.800. The van der Waals surface area contributed by atoms with Crippen LogP contribution in [0, 0.1) is 5.41 Å². The fourth-order valence-electron chi connectivity index (χ4n) is 2.41. The molecule has 0 aromatic carbocycles. The second-order valence-electron chi connectivity index (χ2n) is 4.18. The van der Waals surface area contributed by atoms with E-state index < -0.39 is 0 Å². The number of Topliss-reactive ketones (excluding diaryl/α,β-unsaturated/α-hetero) is 1. The SMILES string of the molecule is O=C1CCC2(CCCNC2=O)CC1. The van der Waals surface area contributed by atoms with Gasteiger partial charge in [0, 0.05) is 19.4 Å². The van der Waals surface area contributed by atoms with Crippen molar-refractivity contribution < 1.29 is 9.59 Å². The summed E-state index contributed by atoms with van der Waals surface area (Å²) in [4.78, 5) is 22.7. The summed E-state index contributed by atoms with van der Waals surface area (Å²) in [5.41, 5.74) is -0.174. The van der Waals surface area contributed by atoms with Crippen LogP contribution in [-0.4, -0.2) is 18.2 Å². The molecule has 1 spiro atoms. The number of ketones is 1. The minimum Gasteiger partial charge on any atom is -0.356 e. The van der Waals surface area contributed by atoms with Gasteiger partial charge in [-0.1, -0.05) is 0 Å². The Morgan fingerprint density at radius 3 is 2.38 bits per heavy atom. The second kappa shape index (κ2) is 3.13. The zero-order valence-corrected chi connectivity index (χ0v) is 7.77. The Balaban J connectivity index is 2.10. The largest absolute Gasteiger partial charge is 0.356 e. The lowest BCUT2D eigenvalue weighted by Gasteiger charge is -2.38. The second-order valence-corrected chi connectivity index (χ2v) is 4.18. The number of nitrogens with one attached hydrogen (secondary N) is 1. The Labute approximate surface area is 77.9 Å². The molecule has 72 valence electrons. The third-order valence-corrected chi connectivity index (χ3v) is 3.36. The molecule has 1 heterocycles. The molecule has 2 fully saturated rings. The van der Waals surface area contributed by atoms with Crippen LogP contribution < -0.4 is 5.32 Å². The Morgan fingerprint density at radius 1 is 1.08 bits per heavy atom. The third kappa shape index (κ3) is 1.47. The monoisotopic (exact) mass is 181 g/mol. The van der Waals surface area contributed by atoms with Crippen molar-refractivity contribution >= 4 is 11.7 Å². The number of carbonyl (C=O) groups excluding carboxylic acids is 2. The van der Waals surface area contributed by atoms with Crippen LogP contribution >= 0.6 is 0 Å². The lowest BCUT2D eigenvalue weighted by molar-refractivity contribution is -0.138. The molecule has 1 saturated carbocycles. The van der Waals surface area contributed by atoms with Crippen LogP contribution in [0.25, 0.3) is 0 Å². The molecule has 1 amide bonds. The summed E-state index contributed by atoms with van der Waals surface area (Å²) in [5.74, 6) is 0.509. The number of rotatable bonds is 0. The van der Waals surface area contributed by atoms with Gasteiger partial charge in [0.2, 0.25) is 5.91 Å². The van der Waals surface area contributed by atoms with Crippen LogP contribution in [0.1, 0.15) is 38.5 Å². The Bertz CT molecular complexity index is 237. The molecule has 3 heteroatoms. The zero-order valence-electron chi connectivity index (χ0n) is 7.77. The van der Waals surface area contributed by atoms with Gasteiger partial charge in [-0.25, -0.2) is 0 Å². The van der Waals surface area contributed by atoms with E-state index in [0.29, 0.717) is 18.6 Å². The molecule has 0 atom stereocenters. The molecule has 0 bridgehead atoms. The minimum absolute atomic E-state index is 0.174. The molecule has 2 rings (SSSR count). The van der Waals surface area contributed by atoms with Crippen molar-refractivity contribution in [3.63, 3.8) is 0 Å². The van der Waals surface area contributed by atoms with Crippen LogP contribution in [0.3, 0.4) is 0 Å². The standard InChI is InChI=1S/C10H15NO2/c12-8-2-5-10(6-3-8)4-1-7-11-9(10)13/h1-7H2,(H,11,13). The molecular formula is C10H15NO2. The lowest BCUT2D eigenvalue weighted by Crippen LogP contribution is -2.47. The summed E-state index contributed by atoms with van der Waals surface area (Å²) in [6.07, 6.45) is 4.81. The quantitative estimate of drug-likeness (QED) is 0.606. The van der Waals surface area contributed by atoms with E-state index in [0.717, 1.165) is 32.2 Å². The highest BCUT2D eigenvalue weighted by Gasteiger charge is 2.42. The maximum absolute atomic E-state index is 11.7. The number of amides is 1. The average Bonchev–Trinajstić information content (AvgIpc) is 2.15. The van der Waals surface area contributed by atoms with E-state index in [1.807, 2.05) is 0 Å². The first-order chi connectivity index (χ1) is 6.23. The molecule has 0 aromatic heterocycles. The molecular weight excluding hydrogens is 166 g/mol. The first-order valence-corrected chi connectivity index (χ1v) is 5.03. The normalized spacial score (nSPS) is 27.4. The van der Waals surface area contributed by atoms with Crippen molar-refractivity contribution in [2.45, 2.75) is 38.5 Å². The van der Waals surface area contributed by atoms with Crippen molar-refractivity contribution in [1.82, 2.24) is 5.32 Å². The maximum Gasteiger partial charge on any atom is 0.226 e. The molecule has 0 radical (unpaired) electrons. The van der Waals surface area contributed by atoms with Gasteiger partial charge in [0.05, 0.1) is 5.41 Å². The summed E-state index contributed by atoms with van der Waals surface area (Å²) in [6, 6.07) is 0. The van der Waals surface area contributed by atoms with E-state index in [1.54, 1.807) is 0 Å². The number of piperidine rings is 1. The van der Waals surface area contributed by atoms with Gasteiger partial charge < -0.3 is 5.32 Å². The summed E-state index contributed by atoms with van der Waals surface area (Å²) >= 11 is 0. The highest BCUT2D eigenvalue weighted by atomic mass is 16.2. The Hall–Kier alpha value is -0.860. The third-order valence-electron chi connectivity index (χ3n) is 3.36. The molecule has 1 aliphatic heterocycles. The summed E-state index contributed by atoms with van der Waals surface area (Å²) < 4.78 is 0. The molecule has 2 aliphatic rings. The van der Waals surface area contributed by atoms with Gasteiger partial charge in [-0.05, 0) is 25.7 Å². The van der Waals surface area contributed by atoms with E-state index >= 15 is 0 Å². The predicted molar refractivity (Wildman–Crippen MR) is 48.2 cm³/mol. The van der Waals surface area contributed by atoms with Crippen LogP contribution in [0.15, 0.2) is 0 Å². The van der Waals surface area contributed by atoms with Gasteiger partial charge in [-0.15, -0.1) is 0 Å². The Morgan fingerprint density at radius 2 is 1.77 bits per heavy atom. The van der Waals surface area contributed by atoms with Gasteiger partial charge in [-0.2, -0.15) is 0 Å². The average molecular weight is 181 g/mol. The highest BCUT2D eigenvalue weighted by Crippen LogP contribution is 2.40. The van der Waals surface area contributed by atoms with E-state index in [1.165, 1.54) is 0 Å². The smallest absolute Gasteiger partial charge is 0.226 e. The van der Waals surface area contributed by atoms with Gasteiger partial charge in [0.1, 0.15) is 5.78 Å². The lowest BCUT2D eigenvalue weighted by atomic mass is 9.69. The molecule has 0 aromatic rings. The van der Waals surface area contributed by atoms with Gasteiger partial charge in [-0.3, -0.25) is 9.59 Å². The first kappa shape index (κ1) is 8.73. The summed E-state index contributed by atoms with van der Waals surface area (Å²) in [5, 5.41) is 2.91. The van der Waals surface area contributed by atoms with Crippen molar-refractivity contribution in [2.24, 2.45) is 5.41 Å². The van der Waals surface area contributed by atoms with E-state index in [-0.39, 0.29) is 11.3 Å². The number of hydrogen-bond donors (Lipinski definition) is 1. The Kier molecular flexibility index (Phi) is 2.10. The van der Waals surface area contributed by atoms with Crippen molar-refractivity contribution in [1.29, 1.82) is 0 Å². The summed E-state index contributed by atoms with van der Waals surface area (Å²) in [7, 11) is 0. The van der Waals surface area contributed by atoms with Crippen LogP contribution in [0.5, 0.6) is 0 Å². The van der Waals surface area contributed by atoms with E-state index in [4.69, 9.17) is 0 Å². The minimum atomic E-state index is -0.174. The van der Waals surface area contributed by atoms with Crippen molar-refractivity contribution in [3.05, 3.63) is 0 Å². The topological polar surface area (TPSA) is 46.2 Å². The van der Waals surface area contributed by atoms with Crippen molar-refractivity contribution in [3.8, 4) is 0 Å². The van der Waals surface area contributed by atoms with E-state index in [9.17, 15) is 9.59 Å². The molecule has 0 unspecified atom stereocenters. The van der Waals surface area contributed by atoms with Crippen LogP contribution in [-0.2, 0) is 9.59 Å². The molecule has 3 nitrogen and oxygen atoms in total. The highest BCUT2D eigenvalue weighted by molar-refractivity contribution is 5.87. The zero-order chi connectivity index (χ0) is 9.31. The number of carbonyl (C=O) groups is 2. The van der Waals surface area contributed by atoms with Crippen LogP contribution in [0.4, 0.5) is 0 Å². The first-order valence-electron chi connectivity index (χ1n) is 5.03. The number of hydrogen-bond acceptors (Lipinski definition) is 2. The van der Waals surface area contributed by atoms with E-state index in [2.05, 4.69) is 5.32 Å². The predicted octanol–water partition coefficient (Wildman–Crippen LogP) is 1.03.